The van der Waals surface area contributed by atoms with Gasteiger partial charge in [-0.15, -0.1) is 0 Å². The number of halogens is 1. The smallest absolute Gasteiger partial charge is 0.251 e. The van der Waals surface area contributed by atoms with Crippen molar-refractivity contribution in [3.8, 4) is 11.3 Å². The number of carbonyl (C=O) groups is 1. The van der Waals surface area contributed by atoms with Crippen molar-refractivity contribution < 1.29 is 13.9 Å². The molecule has 1 amide bonds. The van der Waals surface area contributed by atoms with Crippen molar-refractivity contribution in [1.82, 2.24) is 9.38 Å². The van der Waals surface area contributed by atoms with Gasteiger partial charge in [-0.3, -0.25) is 9.20 Å². The maximum atomic E-state index is 13.7. The number of ether oxygens (including phenoxy) is 1. The van der Waals surface area contributed by atoms with Crippen LogP contribution in [-0.4, -0.2) is 21.9 Å². The van der Waals surface area contributed by atoms with Crippen LogP contribution in [-0.2, 0) is 16.1 Å². The van der Waals surface area contributed by atoms with Crippen LogP contribution in [0, 0.1) is 5.82 Å². The van der Waals surface area contributed by atoms with Crippen molar-refractivity contribution in [3.05, 3.63) is 90.4 Å². The first-order valence-electron chi connectivity index (χ1n) is 8.85. The molecule has 0 bridgehead atoms. The van der Waals surface area contributed by atoms with Crippen LogP contribution in [0.4, 0.5) is 10.2 Å². The molecule has 0 aliphatic rings. The van der Waals surface area contributed by atoms with Crippen LogP contribution in [0.25, 0.3) is 16.9 Å². The van der Waals surface area contributed by atoms with Crippen molar-refractivity contribution >= 4 is 17.4 Å². The fraction of sp³-hybridized carbons (Fsp3) is 0.0909. The zero-order valence-electron chi connectivity index (χ0n) is 15.0. The van der Waals surface area contributed by atoms with Gasteiger partial charge < -0.3 is 10.1 Å². The molecule has 2 aromatic heterocycles. The van der Waals surface area contributed by atoms with E-state index in [0.717, 1.165) is 5.56 Å². The van der Waals surface area contributed by atoms with Crippen molar-refractivity contribution in [2.75, 3.05) is 11.9 Å². The van der Waals surface area contributed by atoms with E-state index in [1.165, 1.54) is 12.1 Å². The number of nitrogens with one attached hydrogen (secondary N) is 1. The number of hydrogen-bond acceptors (Lipinski definition) is 3. The molecule has 0 fully saturated rings. The molecule has 1 N–H and O–H groups in total. The Morgan fingerprint density at radius 1 is 1.04 bits per heavy atom. The second-order valence-corrected chi connectivity index (χ2v) is 6.27. The van der Waals surface area contributed by atoms with Gasteiger partial charge in [-0.1, -0.05) is 48.5 Å². The Morgan fingerprint density at radius 2 is 1.86 bits per heavy atom. The van der Waals surface area contributed by atoms with Crippen LogP contribution < -0.4 is 5.32 Å². The van der Waals surface area contributed by atoms with E-state index in [2.05, 4.69) is 10.3 Å². The molecule has 0 spiro atoms. The second kappa shape index (κ2) is 8.02. The van der Waals surface area contributed by atoms with E-state index in [0.29, 0.717) is 29.3 Å². The summed E-state index contributed by atoms with van der Waals surface area (Å²) in [6.07, 6.45) is 1.80. The molecule has 0 saturated carbocycles. The standard InChI is InChI=1S/C22H18FN3O2/c23-18-10-6-9-17(13-18)21-22(26-12-5-4-11-19(26)24-21)25-20(27)15-28-14-16-7-2-1-3-8-16/h1-13H,14-15H2,(H,25,27). The first kappa shape index (κ1) is 17.9. The van der Waals surface area contributed by atoms with Crippen molar-refractivity contribution in [1.29, 1.82) is 0 Å². The lowest BCUT2D eigenvalue weighted by Gasteiger charge is -2.09. The van der Waals surface area contributed by atoms with Gasteiger partial charge in [0.1, 0.15) is 29.6 Å². The Labute approximate surface area is 161 Å². The van der Waals surface area contributed by atoms with Gasteiger partial charge in [-0.25, -0.2) is 9.37 Å². The summed E-state index contributed by atoms with van der Waals surface area (Å²) in [6.45, 7) is 0.246. The molecule has 0 atom stereocenters. The Balaban J connectivity index is 1.55. The summed E-state index contributed by atoms with van der Waals surface area (Å²) in [6, 6.07) is 21.3. The van der Waals surface area contributed by atoms with Crippen LogP contribution in [0.1, 0.15) is 5.56 Å². The molecule has 0 saturated heterocycles. The first-order chi connectivity index (χ1) is 13.7. The van der Waals surface area contributed by atoms with Crippen molar-refractivity contribution in [3.63, 3.8) is 0 Å². The summed E-state index contributed by atoms with van der Waals surface area (Å²) in [5.74, 6) is -0.188. The monoisotopic (exact) mass is 375 g/mol. The van der Waals surface area contributed by atoms with Gasteiger partial charge in [0.05, 0.1) is 6.61 Å². The van der Waals surface area contributed by atoms with E-state index in [1.54, 1.807) is 22.7 Å². The first-order valence-corrected chi connectivity index (χ1v) is 8.85. The summed E-state index contributed by atoms with van der Waals surface area (Å²) in [7, 11) is 0. The number of carbonyl (C=O) groups excluding carboxylic acids is 1. The molecule has 2 aromatic carbocycles. The molecule has 0 unspecified atom stereocenters. The van der Waals surface area contributed by atoms with E-state index >= 15 is 0 Å². The highest BCUT2D eigenvalue weighted by Crippen LogP contribution is 2.29. The Hall–Kier alpha value is -3.51. The summed E-state index contributed by atoms with van der Waals surface area (Å²) in [5, 5.41) is 2.85. The minimum Gasteiger partial charge on any atom is -0.367 e. The van der Waals surface area contributed by atoms with Gasteiger partial charge in [-0.2, -0.15) is 0 Å². The minimum atomic E-state index is -0.363. The van der Waals surface area contributed by atoms with Gasteiger partial charge in [0.15, 0.2) is 0 Å². The van der Waals surface area contributed by atoms with Gasteiger partial charge in [0.2, 0.25) is 0 Å². The van der Waals surface area contributed by atoms with Gasteiger partial charge in [0.25, 0.3) is 5.91 Å². The third-order valence-electron chi connectivity index (χ3n) is 4.23. The topological polar surface area (TPSA) is 55.6 Å². The van der Waals surface area contributed by atoms with Crippen LogP contribution in [0.2, 0.25) is 0 Å². The number of hydrogen-bond donors (Lipinski definition) is 1. The third-order valence-corrected chi connectivity index (χ3v) is 4.23. The third kappa shape index (κ3) is 3.92. The molecule has 140 valence electrons. The normalized spacial score (nSPS) is 10.9. The maximum absolute atomic E-state index is 13.7. The lowest BCUT2D eigenvalue weighted by Crippen LogP contribution is -2.19. The number of pyridine rings is 1. The van der Waals surface area contributed by atoms with Crippen LogP contribution in [0.15, 0.2) is 79.0 Å². The van der Waals surface area contributed by atoms with Crippen LogP contribution in [0.3, 0.4) is 0 Å². The van der Waals surface area contributed by atoms with E-state index in [-0.39, 0.29) is 18.3 Å². The van der Waals surface area contributed by atoms with Gasteiger partial charge in [0, 0.05) is 11.8 Å². The summed E-state index contributed by atoms with van der Waals surface area (Å²) >= 11 is 0. The highest BCUT2D eigenvalue weighted by Gasteiger charge is 2.16. The van der Waals surface area contributed by atoms with E-state index in [4.69, 9.17) is 4.74 Å². The quantitative estimate of drug-likeness (QED) is 0.547. The number of benzene rings is 2. The molecule has 0 radical (unpaired) electrons. The van der Waals surface area contributed by atoms with Gasteiger partial charge in [-0.05, 0) is 29.8 Å². The maximum Gasteiger partial charge on any atom is 0.251 e. The number of rotatable bonds is 6. The average molecular weight is 375 g/mol. The van der Waals surface area contributed by atoms with Crippen LogP contribution >= 0.6 is 0 Å². The Morgan fingerprint density at radius 3 is 2.68 bits per heavy atom. The largest absolute Gasteiger partial charge is 0.367 e. The summed E-state index contributed by atoms with van der Waals surface area (Å²) in [5.41, 5.74) is 2.74. The minimum absolute atomic E-state index is 0.0997. The van der Waals surface area contributed by atoms with Crippen molar-refractivity contribution in [2.24, 2.45) is 0 Å². The zero-order valence-corrected chi connectivity index (χ0v) is 15.0. The fourth-order valence-corrected chi connectivity index (χ4v) is 2.96. The summed E-state index contributed by atoms with van der Waals surface area (Å²) < 4.78 is 21.0. The number of fused-ring (bicyclic) bond motifs is 1. The highest BCUT2D eigenvalue weighted by atomic mass is 19.1. The predicted octanol–water partition coefficient (Wildman–Crippen LogP) is 4.30. The molecule has 0 aliphatic carbocycles. The Bertz CT molecular complexity index is 1110. The number of imidazole rings is 1. The van der Waals surface area contributed by atoms with E-state index < -0.39 is 0 Å². The van der Waals surface area contributed by atoms with Crippen molar-refractivity contribution in [2.45, 2.75) is 6.61 Å². The number of amides is 1. The SMILES string of the molecule is O=C(COCc1ccccc1)Nc1c(-c2cccc(F)c2)nc2ccccn12. The second-order valence-electron chi connectivity index (χ2n) is 6.27. The molecule has 0 aliphatic heterocycles. The van der Waals surface area contributed by atoms with Crippen LogP contribution in [0.5, 0.6) is 0 Å². The summed E-state index contributed by atoms with van der Waals surface area (Å²) in [4.78, 5) is 17.0. The fourth-order valence-electron chi connectivity index (χ4n) is 2.96. The van der Waals surface area contributed by atoms with Gasteiger partial charge >= 0.3 is 0 Å². The van der Waals surface area contributed by atoms with E-state index in [9.17, 15) is 9.18 Å². The predicted molar refractivity (Wildman–Crippen MR) is 105 cm³/mol. The molecular weight excluding hydrogens is 357 g/mol. The molecular formula is C22H18FN3O2. The number of aromatic nitrogens is 2. The molecule has 28 heavy (non-hydrogen) atoms. The number of nitrogens with zero attached hydrogens (tertiary/aromatic N) is 2. The lowest BCUT2D eigenvalue weighted by molar-refractivity contribution is -0.121. The lowest BCUT2D eigenvalue weighted by atomic mass is 10.1. The number of anilines is 1. The molecule has 2 heterocycles. The average Bonchev–Trinajstić information content (AvgIpc) is 3.07. The molecule has 4 rings (SSSR count). The molecule has 4 aromatic rings. The molecule has 6 heteroatoms. The Kier molecular flexibility index (Phi) is 5.12. The highest BCUT2D eigenvalue weighted by molar-refractivity contribution is 5.95. The zero-order chi connectivity index (χ0) is 19.3. The van der Waals surface area contributed by atoms with E-state index in [1.807, 2.05) is 48.5 Å². The molecule has 5 nitrogen and oxygen atoms in total.